The highest BCUT2D eigenvalue weighted by Gasteiger charge is 2.80. The molecule has 3 rings (SSSR count). The van der Waals surface area contributed by atoms with Crippen molar-refractivity contribution < 1.29 is 27.5 Å². The third kappa shape index (κ3) is 4.09. The van der Waals surface area contributed by atoms with E-state index < -0.39 is 45.8 Å². The van der Waals surface area contributed by atoms with Crippen molar-refractivity contribution in [1.82, 2.24) is 4.31 Å². The molecule has 1 heterocycles. The molecule has 166 valence electrons. The van der Waals surface area contributed by atoms with E-state index in [1.54, 1.807) is 70.2 Å². The van der Waals surface area contributed by atoms with Crippen LogP contribution >= 0.6 is 0 Å². The summed E-state index contributed by atoms with van der Waals surface area (Å²) in [5.41, 5.74) is -0.742. The van der Waals surface area contributed by atoms with Gasteiger partial charge in [-0.3, -0.25) is 0 Å². The summed E-state index contributed by atoms with van der Waals surface area (Å²) >= 11 is 0. The number of sulfonamides is 1. The molecule has 1 fully saturated rings. The Balaban J connectivity index is 2.20. The van der Waals surface area contributed by atoms with E-state index in [2.05, 4.69) is 0 Å². The molecule has 0 aromatic heterocycles. The van der Waals surface area contributed by atoms with Gasteiger partial charge in [-0.15, -0.1) is 0 Å². The molecular formula is C23H27NO6S. The Morgan fingerprint density at radius 1 is 0.871 bits per heavy atom. The number of benzene rings is 2. The van der Waals surface area contributed by atoms with Crippen LogP contribution in [0.25, 0.3) is 0 Å². The maximum absolute atomic E-state index is 13.6. The number of aryl methyl sites for hydroxylation is 1. The van der Waals surface area contributed by atoms with Crippen molar-refractivity contribution in [3.8, 4) is 0 Å². The Hall–Kier alpha value is -2.71. The first-order valence-electron chi connectivity index (χ1n) is 10.1. The summed E-state index contributed by atoms with van der Waals surface area (Å²) in [7, 11) is -4.22. The van der Waals surface area contributed by atoms with E-state index in [1.807, 2.05) is 6.92 Å². The minimum Gasteiger partial charge on any atom is -0.461 e. The molecule has 2 atom stereocenters. The van der Waals surface area contributed by atoms with Crippen LogP contribution in [0.2, 0.25) is 0 Å². The van der Waals surface area contributed by atoms with Crippen LogP contribution in [-0.4, -0.2) is 42.4 Å². The van der Waals surface area contributed by atoms with Crippen molar-refractivity contribution >= 4 is 22.0 Å². The van der Waals surface area contributed by atoms with E-state index in [0.717, 1.165) is 9.87 Å². The largest absolute Gasteiger partial charge is 0.461 e. The average Bonchev–Trinajstić information content (AvgIpc) is 3.41. The summed E-state index contributed by atoms with van der Waals surface area (Å²) in [6.45, 7) is 8.39. The Morgan fingerprint density at radius 3 is 1.81 bits per heavy atom. The minimum absolute atomic E-state index is 0.0180. The fourth-order valence-electron chi connectivity index (χ4n) is 3.53. The van der Waals surface area contributed by atoms with Crippen LogP contribution in [0.1, 0.15) is 44.9 Å². The number of ether oxygens (including phenoxy) is 2. The SMILES string of the molecule is Cc1ccc(S(=O)(=O)N2C(c3ccccc3)C2(C(=O)OC(C)C)C(=O)OC(C)C)cc1. The van der Waals surface area contributed by atoms with Gasteiger partial charge >= 0.3 is 11.9 Å². The van der Waals surface area contributed by atoms with Gasteiger partial charge in [0.15, 0.2) is 0 Å². The zero-order valence-corrected chi connectivity index (χ0v) is 19.0. The van der Waals surface area contributed by atoms with Crippen molar-refractivity contribution in [2.24, 2.45) is 0 Å². The monoisotopic (exact) mass is 445 g/mol. The van der Waals surface area contributed by atoms with Crippen LogP contribution in [0.3, 0.4) is 0 Å². The predicted octanol–water partition coefficient (Wildman–Crippen LogP) is 3.38. The zero-order valence-electron chi connectivity index (χ0n) is 18.2. The quantitative estimate of drug-likeness (QED) is 0.369. The lowest BCUT2D eigenvalue weighted by atomic mass is 9.99. The number of carbonyl (C=O) groups excluding carboxylic acids is 2. The van der Waals surface area contributed by atoms with Gasteiger partial charge in [0.05, 0.1) is 23.1 Å². The van der Waals surface area contributed by atoms with Crippen LogP contribution in [0.5, 0.6) is 0 Å². The maximum atomic E-state index is 13.6. The fraction of sp³-hybridized carbons (Fsp3) is 0.391. The van der Waals surface area contributed by atoms with Gasteiger partial charge < -0.3 is 9.47 Å². The Bertz CT molecular complexity index is 1040. The molecule has 0 spiro atoms. The highest BCUT2D eigenvalue weighted by Crippen LogP contribution is 2.58. The molecule has 1 aliphatic rings. The molecule has 2 aromatic carbocycles. The van der Waals surface area contributed by atoms with Crippen molar-refractivity contribution in [2.45, 2.75) is 63.3 Å². The lowest BCUT2D eigenvalue weighted by molar-refractivity contribution is -0.165. The molecule has 0 bridgehead atoms. The third-order valence-electron chi connectivity index (χ3n) is 4.91. The van der Waals surface area contributed by atoms with Gasteiger partial charge in [-0.25, -0.2) is 18.0 Å². The smallest absolute Gasteiger partial charge is 0.341 e. The molecular weight excluding hydrogens is 418 g/mol. The van der Waals surface area contributed by atoms with E-state index in [4.69, 9.17) is 9.47 Å². The first-order valence-corrected chi connectivity index (χ1v) is 11.5. The molecule has 0 radical (unpaired) electrons. The van der Waals surface area contributed by atoms with E-state index in [9.17, 15) is 18.0 Å². The summed E-state index contributed by atoms with van der Waals surface area (Å²) < 4.78 is 38.8. The molecule has 1 saturated heterocycles. The Morgan fingerprint density at radius 2 is 1.35 bits per heavy atom. The van der Waals surface area contributed by atoms with Crippen LogP contribution in [0, 0.1) is 6.92 Å². The van der Waals surface area contributed by atoms with Crippen molar-refractivity contribution in [3.05, 3.63) is 65.7 Å². The van der Waals surface area contributed by atoms with Gasteiger partial charge in [-0.1, -0.05) is 48.0 Å². The Kier molecular flexibility index (Phi) is 6.25. The normalized spacial score (nSPS) is 19.8. The topological polar surface area (TPSA) is 89.8 Å². The minimum atomic E-state index is -4.22. The molecule has 0 aliphatic carbocycles. The lowest BCUT2D eigenvalue weighted by Gasteiger charge is -2.19. The number of hydrogen-bond donors (Lipinski definition) is 0. The summed E-state index contributed by atoms with van der Waals surface area (Å²) in [4.78, 5) is 26.5. The van der Waals surface area contributed by atoms with Gasteiger partial charge in [-0.2, -0.15) is 4.31 Å². The van der Waals surface area contributed by atoms with Crippen molar-refractivity contribution in [2.75, 3.05) is 0 Å². The number of carbonyl (C=O) groups is 2. The molecule has 8 heteroatoms. The number of esters is 2. The summed E-state index contributed by atoms with van der Waals surface area (Å²) in [6.07, 6.45) is -1.09. The average molecular weight is 446 g/mol. The summed E-state index contributed by atoms with van der Waals surface area (Å²) in [5, 5.41) is 0. The highest BCUT2D eigenvalue weighted by atomic mass is 32.2. The van der Waals surface area contributed by atoms with Crippen LogP contribution in [0.4, 0.5) is 0 Å². The van der Waals surface area contributed by atoms with E-state index in [0.29, 0.717) is 5.56 Å². The van der Waals surface area contributed by atoms with Gasteiger partial charge in [0, 0.05) is 0 Å². The zero-order chi connectivity index (χ0) is 23.0. The predicted molar refractivity (Wildman–Crippen MR) is 115 cm³/mol. The first-order chi connectivity index (χ1) is 14.5. The molecule has 1 aliphatic heterocycles. The molecule has 2 aromatic rings. The highest BCUT2D eigenvalue weighted by molar-refractivity contribution is 7.89. The Labute approximate surface area is 183 Å². The second kappa shape index (κ2) is 8.43. The molecule has 0 N–H and O–H groups in total. The van der Waals surface area contributed by atoms with Gasteiger partial charge in [0.2, 0.25) is 10.0 Å². The van der Waals surface area contributed by atoms with E-state index in [-0.39, 0.29) is 4.90 Å². The van der Waals surface area contributed by atoms with Gasteiger partial charge in [0.25, 0.3) is 5.54 Å². The molecule has 31 heavy (non-hydrogen) atoms. The molecule has 0 amide bonds. The third-order valence-corrected chi connectivity index (χ3v) is 6.80. The molecule has 7 nitrogen and oxygen atoms in total. The number of hydrogen-bond acceptors (Lipinski definition) is 6. The summed E-state index contributed by atoms with van der Waals surface area (Å²) in [6, 6.07) is 13.7. The van der Waals surface area contributed by atoms with Gasteiger partial charge in [0.1, 0.15) is 0 Å². The van der Waals surface area contributed by atoms with Crippen LogP contribution in [-0.2, 0) is 29.1 Å². The second-order valence-corrected chi connectivity index (χ2v) is 9.92. The second-order valence-electron chi connectivity index (χ2n) is 8.10. The van der Waals surface area contributed by atoms with Gasteiger partial charge in [-0.05, 0) is 52.3 Å². The van der Waals surface area contributed by atoms with Crippen molar-refractivity contribution in [3.63, 3.8) is 0 Å². The standard InChI is InChI=1S/C23H27NO6S/c1-15(2)29-21(25)23(22(26)30-16(3)4)20(18-9-7-6-8-10-18)24(23)31(27,28)19-13-11-17(5)12-14-19/h6-16,20H,1-5H3. The molecule has 0 saturated carbocycles. The van der Waals surface area contributed by atoms with E-state index >= 15 is 0 Å². The number of nitrogens with zero attached hydrogens (tertiary/aromatic N) is 1. The van der Waals surface area contributed by atoms with Crippen LogP contribution < -0.4 is 0 Å². The van der Waals surface area contributed by atoms with Crippen molar-refractivity contribution in [1.29, 1.82) is 0 Å². The van der Waals surface area contributed by atoms with E-state index in [1.165, 1.54) is 12.1 Å². The molecule has 2 unspecified atom stereocenters. The first kappa shape index (κ1) is 23.0. The van der Waals surface area contributed by atoms with Crippen LogP contribution in [0.15, 0.2) is 59.5 Å². The summed E-state index contributed by atoms with van der Waals surface area (Å²) in [5.74, 6) is -1.89. The number of rotatable bonds is 7. The maximum Gasteiger partial charge on any atom is 0.341 e. The fourth-order valence-corrected chi connectivity index (χ4v) is 5.37. The lowest BCUT2D eigenvalue weighted by Crippen LogP contribution is -2.44.